The standard InChI is InChI=1S/C11H13IN4/c1-2-4-10-11(13)14-15-16(10)9-6-3-5-8(12)7-9/h3,5-7H,2,4,13H2,1H3. The van der Waals surface area contributed by atoms with Crippen LogP contribution in [0, 0.1) is 3.57 Å². The van der Waals surface area contributed by atoms with Crippen LogP contribution in [0.1, 0.15) is 19.0 Å². The monoisotopic (exact) mass is 328 g/mol. The number of nitrogens with two attached hydrogens (primary N) is 1. The summed E-state index contributed by atoms with van der Waals surface area (Å²) in [5, 5.41) is 8.01. The molecule has 0 bridgehead atoms. The molecule has 1 aromatic heterocycles. The number of hydrogen-bond acceptors (Lipinski definition) is 3. The van der Waals surface area contributed by atoms with Gasteiger partial charge in [0.25, 0.3) is 0 Å². The van der Waals surface area contributed by atoms with Crippen molar-refractivity contribution in [1.82, 2.24) is 15.0 Å². The van der Waals surface area contributed by atoms with E-state index in [4.69, 9.17) is 5.73 Å². The van der Waals surface area contributed by atoms with Crippen molar-refractivity contribution in [1.29, 1.82) is 0 Å². The number of halogens is 1. The second-order valence-electron chi connectivity index (χ2n) is 3.56. The third-order valence-electron chi connectivity index (χ3n) is 2.33. The number of anilines is 1. The lowest BCUT2D eigenvalue weighted by molar-refractivity contribution is 0.745. The van der Waals surface area contributed by atoms with E-state index in [1.807, 2.05) is 22.9 Å². The minimum absolute atomic E-state index is 0.528. The zero-order valence-electron chi connectivity index (χ0n) is 9.02. The molecule has 0 unspecified atom stereocenters. The fraction of sp³-hybridized carbons (Fsp3) is 0.273. The van der Waals surface area contributed by atoms with E-state index in [0.717, 1.165) is 24.2 Å². The normalized spacial score (nSPS) is 10.6. The molecular formula is C11H13IN4. The topological polar surface area (TPSA) is 56.7 Å². The highest BCUT2D eigenvalue weighted by Gasteiger charge is 2.10. The summed E-state index contributed by atoms with van der Waals surface area (Å²) in [5.41, 5.74) is 7.81. The Bertz CT molecular complexity index is 492. The molecule has 0 atom stereocenters. The summed E-state index contributed by atoms with van der Waals surface area (Å²) in [5.74, 6) is 0.528. The lowest BCUT2D eigenvalue weighted by Crippen LogP contribution is -2.03. The van der Waals surface area contributed by atoms with Crippen LogP contribution in [0.25, 0.3) is 5.69 Å². The third kappa shape index (κ3) is 2.18. The van der Waals surface area contributed by atoms with E-state index in [-0.39, 0.29) is 0 Å². The predicted octanol–water partition coefficient (Wildman–Crippen LogP) is 2.41. The summed E-state index contributed by atoms with van der Waals surface area (Å²) in [6, 6.07) is 8.12. The van der Waals surface area contributed by atoms with Gasteiger partial charge in [-0.05, 0) is 47.2 Å². The lowest BCUT2D eigenvalue weighted by atomic mass is 10.2. The molecule has 0 aliphatic heterocycles. The highest BCUT2D eigenvalue weighted by atomic mass is 127. The first-order valence-corrected chi connectivity index (χ1v) is 6.26. The van der Waals surface area contributed by atoms with Crippen molar-refractivity contribution in [3.8, 4) is 5.69 Å². The van der Waals surface area contributed by atoms with Gasteiger partial charge in [-0.3, -0.25) is 0 Å². The molecule has 0 saturated carbocycles. The van der Waals surface area contributed by atoms with Crippen molar-refractivity contribution in [3.05, 3.63) is 33.5 Å². The molecule has 0 spiro atoms. The van der Waals surface area contributed by atoms with Gasteiger partial charge < -0.3 is 5.73 Å². The average molecular weight is 328 g/mol. The predicted molar refractivity (Wildman–Crippen MR) is 72.5 cm³/mol. The molecule has 16 heavy (non-hydrogen) atoms. The van der Waals surface area contributed by atoms with Crippen LogP contribution in [0.15, 0.2) is 24.3 Å². The number of nitrogens with zero attached hydrogens (tertiary/aromatic N) is 3. The van der Waals surface area contributed by atoms with Crippen molar-refractivity contribution >= 4 is 28.4 Å². The van der Waals surface area contributed by atoms with E-state index in [0.29, 0.717) is 5.82 Å². The van der Waals surface area contributed by atoms with Gasteiger partial charge in [0.1, 0.15) is 0 Å². The highest BCUT2D eigenvalue weighted by Crippen LogP contribution is 2.17. The summed E-state index contributed by atoms with van der Waals surface area (Å²) in [6.07, 6.45) is 1.92. The molecule has 2 rings (SSSR count). The minimum Gasteiger partial charge on any atom is -0.381 e. The largest absolute Gasteiger partial charge is 0.381 e. The van der Waals surface area contributed by atoms with Crippen LogP contribution in [0.2, 0.25) is 0 Å². The molecule has 0 aliphatic carbocycles. The third-order valence-corrected chi connectivity index (χ3v) is 3.00. The van der Waals surface area contributed by atoms with Crippen LogP contribution in [0.5, 0.6) is 0 Å². The molecule has 2 aromatic rings. The Labute approximate surface area is 108 Å². The first-order valence-electron chi connectivity index (χ1n) is 5.18. The zero-order chi connectivity index (χ0) is 11.5. The van der Waals surface area contributed by atoms with E-state index in [1.165, 1.54) is 3.57 Å². The van der Waals surface area contributed by atoms with E-state index in [2.05, 4.69) is 45.9 Å². The summed E-state index contributed by atoms with van der Waals surface area (Å²) in [7, 11) is 0. The maximum Gasteiger partial charge on any atom is 0.169 e. The molecule has 4 nitrogen and oxygen atoms in total. The van der Waals surface area contributed by atoms with Crippen molar-refractivity contribution in [2.24, 2.45) is 0 Å². The highest BCUT2D eigenvalue weighted by molar-refractivity contribution is 14.1. The fourth-order valence-electron chi connectivity index (χ4n) is 1.60. The molecule has 1 heterocycles. The van der Waals surface area contributed by atoms with Crippen molar-refractivity contribution < 1.29 is 0 Å². The van der Waals surface area contributed by atoms with Gasteiger partial charge in [0, 0.05) is 3.57 Å². The Balaban J connectivity index is 2.47. The SMILES string of the molecule is CCCc1c(N)nnn1-c1cccc(I)c1. The van der Waals surface area contributed by atoms with Crippen LogP contribution in [0.3, 0.4) is 0 Å². The molecule has 0 aliphatic rings. The van der Waals surface area contributed by atoms with Gasteiger partial charge in [-0.1, -0.05) is 24.6 Å². The zero-order valence-corrected chi connectivity index (χ0v) is 11.2. The number of hydrogen-bond donors (Lipinski definition) is 1. The van der Waals surface area contributed by atoms with Crippen LogP contribution < -0.4 is 5.73 Å². The molecule has 5 heteroatoms. The summed E-state index contributed by atoms with van der Waals surface area (Å²) >= 11 is 2.28. The number of rotatable bonds is 3. The van der Waals surface area contributed by atoms with Gasteiger partial charge in [0.15, 0.2) is 5.82 Å². The maximum atomic E-state index is 5.81. The molecule has 0 saturated heterocycles. The number of aromatic nitrogens is 3. The molecule has 0 radical (unpaired) electrons. The molecule has 0 amide bonds. The van der Waals surface area contributed by atoms with Crippen molar-refractivity contribution in [3.63, 3.8) is 0 Å². The minimum atomic E-state index is 0.528. The average Bonchev–Trinajstić information content (AvgIpc) is 2.61. The summed E-state index contributed by atoms with van der Waals surface area (Å²) < 4.78 is 2.99. The Morgan fingerprint density at radius 3 is 2.94 bits per heavy atom. The first-order chi connectivity index (χ1) is 7.72. The van der Waals surface area contributed by atoms with Gasteiger partial charge in [-0.15, -0.1) is 5.10 Å². The molecule has 2 N–H and O–H groups in total. The van der Waals surface area contributed by atoms with Gasteiger partial charge in [0.05, 0.1) is 11.4 Å². The summed E-state index contributed by atoms with van der Waals surface area (Å²) in [4.78, 5) is 0. The Kier molecular flexibility index (Phi) is 3.42. The molecular weight excluding hydrogens is 315 g/mol. The van der Waals surface area contributed by atoms with Gasteiger partial charge in [-0.2, -0.15) is 0 Å². The fourth-order valence-corrected chi connectivity index (χ4v) is 2.13. The van der Waals surface area contributed by atoms with Crippen molar-refractivity contribution in [2.75, 3.05) is 5.73 Å². The van der Waals surface area contributed by atoms with Crippen LogP contribution in [0.4, 0.5) is 5.82 Å². The second kappa shape index (κ2) is 4.82. The summed E-state index contributed by atoms with van der Waals surface area (Å²) in [6.45, 7) is 2.12. The van der Waals surface area contributed by atoms with E-state index in [9.17, 15) is 0 Å². The molecule has 1 aromatic carbocycles. The quantitative estimate of drug-likeness (QED) is 0.881. The Hall–Kier alpha value is -1.11. The van der Waals surface area contributed by atoms with E-state index in [1.54, 1.807) is 0 Å². The maximum absolute atomic E-state index is 5.81. The van der Waals surface area contributed by atoms with E-state index < -0.39 is 0 Å². The molecule has 84 valence electrons. The molecule has 0 fully saturated rings. The van der Waals surface area contributed by atoms with Crippen LogP contribution >= 0.6 is 22.6 Å². The van der Waals surface area contributed by atoms with Crippen LogP contribution in [-0.4, -0.2) is 15.0 Å². The van der Waals surface area contributed by atoms with Gasteiger partial charge in [0.2, 0.25) is 0 Å². The lowest BCUT2D eigenvalue weighted by Gasteiger charge is -2.05. The first kappa shape index (κ1) is 11.4. The van der Waals surface area contributed by atoms with E-state index >= 15 is 0 Å². The number of benzene rings is 1. The van der Waals surface area contributed by atoms with Gasteiger partial charge in [-0.25, -0.2) is 4.68 Å². The van der Waals surface area contributed by atoms with Gasteiger partial charge >= 0.3 is 0 Å². The second-order valence-corrected chi connectivity index (χ2v) is 4.81. The Morgan fingerprint density at radius 2 is 2.25 bits per heavy atom. The van der Waals surface area contributed by atoms with Crippen LogP contribution in [-0.2, 0) is 6.42 Å². The number of nitrogen functional groups attached to an aromatic ring is 1. The Morgan fingerprint density at radius 1 is 1.44 bits per heavy atom. The van der Waals surface area contributed by atoms with Crippen molar-refractivity contribution in [2.45, 2.75) is 19.8 Å². The smallest absolute Gasteiger partial charge is 0.169 e.